The number of hydrogen-bond acceptors (Lipinski definition) is 2. The molecular weight excluding hydrogens is 315 g/mol. The van der Waals surface area contributed by atoms with Crippen LogP contribution in [0.1, 0.15) is 25.6 Å². The maximum Gasteiger partial charge on any atom is 0.404 e. The fourth-order valence-electron chi connectivity index (χ4n) is 1.56. The number of thiophene rings is 1. The van der Waals surface area contributed by atoms with Crippen molar-refractivity contribution in [2.45, 2.75) is 39.5 Å². The minimum atomic E-state index is -4.23. The average molecular weight is 330 g/mol. The van der Waals surface area contributed by atoms with E-state index in [-0.39, 0.29) is 6.54 Å². The van der Waals surface area contributed by atoms with E-state index in [1.807, 2.05) is 12.1 Å². The topological polar surface area (TPSA) is 12.0 Å². The Hall–Kier alpha value is -0.0700. The van der Waals surface area contributed by atoms with Gasteiger partial charge in [-0.25, -0.2) is 0 Å². The minimum absolute atomic E-state index is 0.234. The Labute approximate surface area is 112 Å². The summed E-state index contributed by atoms with van der Waals surface area (Å²) < 4.78 is 39.5. The van der Waals surface area contributed by atoms with Crippen molar-refractivity contribution in [2.24, 2.45) is 5.41 Å². The molecule has 0 saturated heterocycles. The summed E-state index contributed by atoms with van der Waals surface area (Å²) in [7, 11) is 0. The molecule has 98 valence electrons. The third-order valence-corrected chi connectivity index (χ3v) is 3.93. The molecule has 6 heteroatoms. The Kier molecular flexibility index (Phi) is 4.66. The van der Waals surface area contributed by atoms with Gasteiger partial charge in [-0.05, 0) is 33.5 Å². The van der Waals surface area contributed by atoms with Gasteiger partial charge in [0.1, 0.15) is 6.04 Å². The summed E-state index contributed by atoms with van der Waals surface area (Å²) >= 11 is 4.72. The summed E-state index contributed by atoms with van der Waals surface area (Å²) in [6, 6.07) is 2.15. The second-order valence-electron chi connectivity index (χ2n) is 4.93. The second-order valence-corrected chi connectivity index (χ2v) is 7.47. The first-order chi connectivity index (χ1) is 7.60. The Morgan fingerprint density at radius 2 is 1.88 bits per heavy atom. The van der Waals surface area contributed by atoms with E-state index in [1.165, 1.54) is 11.3 Å². The fourth-order valence-corrected chi connectivity index (χ4v) is 3.00. The molecule has 0 aliphatic carbocycles. The summed E-state index contributed by atoms with van der Waals surface area (Å²) in [6.45, 7) is 4.99. The highest BCUT2D eigenvalue weighted by atomic mass is 79.9. The first-order valence-electron chi connectivity index (χ1n) is 5.15. The van der Waals surface area contributed by atoms with Crippen molar-refractivity contribution in [3.05, 3.63) is 20.8 Å². The normalized spacial score (nSPS) is 15.0. The summed E-state index contributed by atoms with van der Waals surface area (Å²) in [5, 5.41) is 2.59. The van der Waals surface area contributed by atoms with Crippen molar-refractivity contribution >= 4 is 27.3 Å². The van der Waals surface area contributed by atoms with Gasteiger partial charge in [0.25, 0.3) is 0 Å². The van der Waals surface area contributed by atoms with E-state index in [4.69, 9.17) is 0 Å². The van der Waals surface area contributed by atoms with Gasteiger partial charge in [0.2, 0.25) is 0 Å². The van der Waals surface area contributed by atoms with E-state index in [1.54, 1.807) is 20.8 Å². The summed E-state index contributed by atoms with van der Waals surface area (Å²) in [5.41, 5.74) is -0.854. The minimum Gasteiger partial charge on any atom is -0.301 e. The third kappa shape index (κ3) is 4.60. The molecule has 1 aromatic heterocycles. The van der Waals surface area contributed by atoms with Gasteiger partial charge in [0.15, 0.2) is 0 Å². The van der Waals surface area contributed by atoms with Crippen molar-refractivity contribution in [3.63, 3.8) is 0 Å². The monoisotopic (exact) mass is 329 g/mol. The van der Waals surface area contributed by atoms with Gasteiger partial charge in [-0.1, -0.05) is 20.8 Å². The zero-order valence-corrected chi connectivity index (χ0v) is 12.3. The van der Waals surface area contributed by atoms with Crippen molar-refractivity contribution in [3.8, 4) is 0 Å². The molecule has 0 aliphatic rings. The fraction of sp³-hybridized carbons (Fsp3) is 0.636. The van der Waals surface area contributed by atoms with Crippen molar-refractivity contribution < 1.29 is 13.2 Å². The quantitative estimate of drug-likeness (QED) is 0.856. The van der Waals surface area contributed by atoms with Crippen LogP contribution in [0.5, 0.6) is 0 Å². The SMILES string of the molecule is CC(C)(C)[C@H](NCc1ccc(Br)s1)C(F)(F)F. The molecule has 0 fully saturated rings. The molecule has 0 bridgehead atoms. The van der Waals surface area contributed by atoms with Crippen LogP contribution in [-0.4, -0.2) is 12.2 Å². The van der Waals surface area contributed by atoms with Crippen LogP contribution in [0.25, 0.3) is 0 Å². The average Bonchev–Trinajstić information content (AvgIpc) is 2.46. The molecule has 1 atom stereocenters. The lowest BCUT2D eigenvalue weighted by molar-refractivity contribution is -0.178. The standard InChI is InChI=1S/C11H15BrF3NS/c1-10(2,3)9(11(13,14)15)16-6-7-4-5-8(12)17-7/h4-5,9,16H,6H2,1-3H3/t9-/m0/s1. The lowest BCUT2D eigenvalue weighted by atomic mass is 9.86. The number of halogens is 4. The van der Waals surface area contributed by atoms with E-state index >= 15 is 0 Å². The largest absolute Gasteiger partial charge is 0.404 e. The van der Waals surface area contributed by atoms with Gasteiger partial charge in [0, 0.05) is 11.4 Å². The number of alkyl halides is 3. The van der Waals surface area contributed by atoms with Crippen molar-refractivity contribution in [1.82, 2.24) is 5.32 Å². The molecule has 0 spiro atoms. The highest BCUT2D eigenvalue weighted by Crippen LogP contribution is 2.33. The predicted octanol–water partition coefficient (Wildman–Crippen LogP) is 4.58. The van der Waals surface area contributed by atoms with E-state index in [0.717, 1.165) is 8.66 Å². The Morgan fingerprint density at radius 1 is 1.29 bits per heavy atom. The predicted molar refractivity (Wildman–Crippen MR) is 68.2 cm³/mol. The molecule has 17 heavy (non-hydrogen) atoms. The van der Waals surface area contributed by atoms with Gasteiger partial charge in [-0.15, -0.1) is 11.3 Å². The maximum absolute atomic E-state index is 12.9. The number of hydrogen-bond donors (Lipinski definition) is 1. The van der Waals surface area contributed by atoms with E-state index < -0.39 is 17.6 Å². The van der Waals surface area contributed by atoms with Crippen LogP contribution >= 0.6 is 27.3 Å². The Bertz CT molecular complexity index is 354. The smallest absolute Gasteiger partial charge is 0.301 e. The van der Waals surface area contributed by atoms with Crippen molar-refractivity contribution in [2.75, 3.05) is 0 Å². The molecular formula is C11H15BrF3NS. The van der Waals surface area contributed by atoms with Crippen LogP contribution in [0.15, 0.2) is 15.9 Å². The molecule has 0 radical (unpaired) electrons. The Balaban J connectivity index is 2.69. The van der Waals surface area contributed by atoms with Gasteiger partial charge in [-0.3, -0.25) is 0 Å². The molecule has 0 amide bonds. The van der Waals surface area contributed by atoms with Crippen LogP contribution in [0.2, 0.25) is 0 Å². The maximum atomic E-state index is 12.9. The highest BCUT2D eigenvalue weighted by Gasteiger charge is 2.46. The van der Waals surface area contributed by atoms with Crippen LogP contribution in [0, 0.1) is 5.41 Å². The number of nitrogens with one attached hydrogen (secondary N) is 1. The molecule has 1 rings (SSSR count). The van der Waals surface area contributed by atoms with Crippen LogP contribution < -0.4 is 5.32 Å². The molecule has 1 aromatic rings. The second kappa shape index (κ2) is 5.28. The van der Waals surface area contributed by atoms with E-state index in [9.17, 15) is 13.2 Å². The Morgan fingerprint density at radius 3 is 2.24 bits per heavy atom. The molecule has 0 aromatic carbocycles. The molecule has 1 heterocycles. The van der Waals surface area contributed by atoms with E-state index in [2.05, 4.69) is 21.2 Å². The summed E-state index contributed by atoms with van der Waals surface area (Å²) in [6.07, 6.45) is -4.23. The zero-order chi connectivity index (χ0) is 13.3. The van der Waals surface area contributed by atoms with Gasteiger partial charge in [0.05, 0.1) is 3.79 Å². The lowest BCUT2D eigenvalue weighted by Crippen LogP contribution is -2.50. The summed E-state index contributed by atoms with van der Waals surface area (Å²) in [5.74, 6) is 0. The molecule has 0 aliphatic heterocycles. The zero-order valence-electron chi connectivity index (χ0n) is 9.86. The van der Waals surface area contributed by atoms with Gasteiger partial charge in [-0.2, -0.15) is 13.2 Å². The van der Waals surface area contributed by atoms with Gasteiger partial charge >= 0.3 is 6.18 Å². The molecule has 1 N–H and O–H groups in total. The van der Waals surface area contributed by atoms with Crippen LogP contribution in [0.4, 0.5) is 13.2 Å². The molecule has 0 unspecified atom stereocenters. The van der Waals surface area contributed by atoms with Crippen molar-refractivity contribution in [1.29, 1.82) is 0 Å². The van der Waals surface area contributed by atoms with Crippen LogP contribution in [0.3, 0.4) is 0 Å². The van der Waals surface area contributed by atoms with Crippen LogP contribution in [-0.2, 0) is 6.54 Å². The first-order valence-corrected chi connectivity index (χ1v) is 6.76. The first kappa shape index (κ1) is 15.0. The molecule has 1 nitrogen and oxygen atoms in total. The summed E-state index contributed by atoms with van der Waals surface area (Å²) in [4.78, 5) is 0.885. The highest BCUT2D eigenvalue weighted by molar-refractivity contribution is 9.11. The molecule has 0 saturated carbocycles. The van der Waals surface area contributed by atoms with E-state index in [0.29, 0.717) is 0 Å². The number of rotatable bonds is 3. The third-order valence-electron chi connectivity index (χ3n) is 2.30. The van der Waals surface area contributed by atoms with Gasteiger partial charge < -0.3 is 5.32 Å². The lowest BCUT2D eigenvalue weighted by Gasteiger charge is -2.33.